The van der Waals surface area contributed by atoms with Crippen LogP contribution in [0, 0.1) is 16.7 Å². The van der Waals surface area contributed by atoms with Crippen molar-refractivity contribution in [1.29, 1.82) is 5.26 Å². The fraction of sp³-hybridized carbons (Fsp3) is 0.611. The van der Waals surface area contributed by atoms with Crippen molar-refractivity contribution in [3.63, 3.8) is 0 Å². The van der Waals surface area contributed by atoms with Crippen molar-refractivity contribution >= 4 is 0 Å². The minimum atomic E-state index is -0.605. The van der Waals surface area contributed by atoms with Gasteiger partial charge in [0.15, 0.2) is 0 Å². The van der Waals surface area contributed by atoms with E-state index >= 15 is 0 Å². The molecule has 1 aromatic rings. The second-order valence-electron chi connectivity index (χ2n) is 7.11. The predicted octanol–water partition coefficient (Wildman–Crippen LogP) is 3.21. The molecule has 1 fully saturated rings. The molecule has 0 aromatic heterocycles. The lowest BCUT2D eigenvalue weighted by molar-refractivity contribution is -0.0242. The Morgan fingerprint density at radius 2 is 1.81 bits per heavy atom. The summed E-state index contributed by atoms with van der Waals surface area (Å²) in [6.45, 7) is 5.70. The highest BCUT2D eigenvalue weighted by Crippen LogP contribution is 2.39. The van der Waals surface area contributed by atoms with Gasteiger partial charge >= 0.3 is 0 Å². The van der Waals surface area contributed by atoms with Crippen LogP contribution < -0.4 is 5.32 Å². The van der Waals surface area contributed by atoms with Crippen molar-refractivity contribution in [3.05, 3.63) is 35.9 Å². The van der Waals surface area contributed by atoms with Gasteiger partial charge in [-0.1, -0.05) is 44.2 Å². The third kappa shape index (κ3) is 4.56. The summed E-state index contributed by atoms with van der Waals surface area (Å²) in [6.07, 6.45) is 3.81. The molecule has 0 saturated heterocycles. The molecule has 21 heavy (non-hydrogen) atoms. The molecular formula is C18H26N2O. The maximum Gasteiger partial charge on any atom is 0.0837 e. The smallest absolute Gasteiger partial charge is 0.0837 e. The van der Waals surface area contributed by atoms with Crippen LogP contribution in [0.4, 0.5) is 0 Å². The molecule has 0 bridgehead atoms. The first-order chi connectivity index (χ1) is 9.94. The summed E-state index contributed by atoms with van der Waals surface area (Å²) in [5, 5.41) is 23.2. The van der Waals surface area contributed by atoms with E-state index in [4.69, 9.17) is 0 Å². The number of nitriles is 1. The first kappa shape index (κ1) is 16.0. The van der Waals surface area contributed by atoms with E-state index in [1.807, 2.05) is 30.3 Å². The Labute approximate surface area is 128 Å². The molecule has 1 atom stereocenters. The Kier molecular flexibility index (Phi) is 5.03. The average Bonchev–Trinajstić information content (AvgIpc) is 2.48. The lowest BCUT2D eigenvalue weighted by Crippen LogP contribution is -2.45. The van der Waals surface area contributed by atoms with E-state index in [1.54, 1.807) is 0 Å². The van der Waals surface area contributed by atoms with Crippen LogP contribution in [-0.2, 0) is 0 Å². The summed E-state index contributed by atoms with van der Waals surface area (Å²) in [6, 6.07) is 12.2. The molecule has 3 heteroatoms. The number of rotatable bonds is 5. The molecule has 0 radical (unpaired) electrons. The van der Waals surface area contributed by atoms with E-state index in [2.05, 4.69) is 25.2 Å². The first-order valence-electron chi connectivity index (χ1n) is 7.82. The number of nitrogens with zero attached hydrogens (tertiary/aromatic N) is 1. The fourth-order valence-electron chi connectivity index (χ4n) is 2.94. The minimum absolute atomic E-state index is 0.158. The third-order valence-electron chi connectivity index (χ3n) is 4.69. The van der Waals surface area contributed by atoms with Crippen molar-refractivity contribution in [3.8, 4) is 6.07 Å². The summed E-state index contributed by atoms with van der Waals surface area (Å²) < 4.78 is 0. The van der Waals surface area contributed by atoms with Crippen molar-refractivity contribution in [2.45, 2.75) is 51.0 Å². The maximum atomic E-state index is 10.6. The standard InChI is InChI=1S/C18H26N2O/c1-17(2)8-10-18(21,11-9-17)14-20-13-16(12-19)15-6-4-3-5-7-15/h3-7,16,20-21H,8-11,13-14H2,1-2H3. The number of hydrogen-bond acceptors (Lipinski definition) is 3. The van der Waals surface area contributed by atoms with Gasteiger partial charge in [0.1, 0.15) is 0 Å². The van der Waals surface area contributed by atoms with Gasteiger partial charge in [0.25, 0.3) is 0 Å². The Hall–Kier alpha value is -1.37. The van der Waals surface area contributed by atoms with E-state index in [0.29, 0.717) is 18.5 Å². The van der Waals surface area contributed by atoms with Gasteiger partial charge in [-0.15, -0.1) is 0 Å². The molecule has 114 valence electrons. The zero-order valence-corrected chi connectivity index (χ0v) is 13.1. The molecular weight excluding hydrogens is 260 g/mol. The number of nitrogens with one attached hydrogen (secondary N) is 1. The quantitative estimate of drug-likeness (QED) is 0.874. The molecule has 2 rings (SSSR count). The van der Waals surface area contributed by atoms with Crippen LogP contribution in [0.15, 0.2) is 30.3 Å². The van der Waals surface area contributed by atoms with Gasteiger partial charge in [0, 0.05) is 13.1 Å². The van der Waals surface area contributed by atoms with Crippen LogP contribution in [0.3, 0.4) is 0 Å². The van der Waals surface area contributed by atoms with E-state index in [9.17, 15) is 10.4 Å². The zero-order valence-electron chi connectivity index (χ0n) is 13.1. The van der Waals surface area contributed by atoms with Gasteiger partial charge in [0.05, 0.1) is 17.6 Å². The SMILES string of the molecule is CC1(C)CCC(O)(CNCC(C#N)c2ccccc2)CC1. The van der Waals surface area contributed by atoms with Gasteiger partial charge in [-0.25, -0.2) is 0 Å². The van der Waals surface area contributed by atoms with E-state index in [1.165, 1.54) is 0 Å². The number of aliphatic hydroxyl groups is 1. The molecule has 2 N–H and O–H groups in total. The van der Waals surface area contributed by atoms with E-state index < -0.39 is 5.60 Å². The minimum Gasteiger partial charge on any atom is -0.389 e. The number of benzene rings is 1. The van der Waals surface area contributed by atoms with Crippen LogP contribution in [0.5, 0.6) is 0 Å². The zero-order chi connectivity index (χ0) is 15.3. The Morgan fingerprint density at radius 3 is 2.38 bits per heavy atom. The molecule has 1 aliphatic carbocycles. The summed E-state index contributed by atoms with van der Waals surface area (Å²) in [5.74, 6) is -0.158. The number of hydrogen-bond donors (Lipinski definition) is 2. The topological polar surface area (TPSA) is 56.0 Å². The first-order valence-corrected chi connectivity index (χ1v) is 7.82. The maximum absolute atomic E-state index is 10.6. The van der Waals surface area contributed by atoms with Crippen LogP contribution in [-0.4, -0.2) is 23.8 Å². The largest absolute Gasteiger partial charge is 0.389 e. The summed E-state index contributed by atoms with van der Waals surface area (Å²) in [5.41, 5.74) is 0.779. The molecule has 1 aliphatic rings. The monoisotopic (exact) mass is 286 g/mol. The molecule has 1 unspecified atom stereocenters. The molecule has 3 nitrogen and oxygen atoms in total. The highest BCUT2D eigenvalue weighted by atomic mass is 16.3. The van der Waals surface area contributed by atoms with Crippen molar-refractivity contribution in [2.24, 2.45) is 5.41 Å². The fourth-order valence-corrected chi connectivity index (χ4v) is 2.94. The lowest BCUT2D eigenvalue weighted by Gasteiger charge is -2.40. The van der Waals surface area contributed by atoms with Gasteiger partial charge in [-0.2, -0.15) is 5.26 Å². The molecule has 0 amide bonds. The van der Waals surface area contributed by atoms with Gasteiger partial charge < -0.3 is 10.4 Å². The van der Waals surface area contributed by atoms with Crippen molar-refractivity contribution in [2.75, 3.05) is 13.1 Å². The van der Waals surface area contributed by atoms with Crippen molar-refractivity contribution < 1.29 is 5.11 Å². The Morgan fingerprint density at radius 1 is 1.19 bits per heavy atom. The molecule has 0 spiro atoms. The normalized spacial score (nSPS) is 21.4. The third-order valence-corrected chi connectivity index (χ3v) is 4.69. The average molecular weight is 286 g/mol. The summed E-state index contributed by atoms with van der Waals surface area (Å²) >= 11 is 0. The van der Waals surface area contributed by atoms with Crippen LogP contribution in [0.2, 0.25) is 0 Å². The highest BCUT2D eigenvalue weighted by molar-refractivity contribution is 5.25. The van der Waals surface area contributed by atoms with Crippen LogP contribution >= 0.6 is 0 Å². The van der Waals surface area contributed by atoms with Crippen LogP contribution in [0.1, 0.15) is 51.0 Å². The van der Waals surface area contributed by atoms with Gasteiger partial charge in [-0.05, 0) is 36.7 Å². The molecule has 1 saturated carbocycles. The lowest BCUT2D eigenvalue weighted by atomic mass is 9.71. The molecule has 1 aromatic carbocycles. The second-order valence-corrected chi connectivity index (χ2v) is 7.11. The van der Waals surface area contributed by atoms with E-state index in [-0.39, 0.29) is 5.92 Å². The summed E-state index contributed by atoms with van der Waals surface area (Å²) in [4.78, 5) is 0. The van der Waals surface area contributed by atoms with Crippen molar-refractivity contribution in [1.82, 2.24) is 5.32 Å². The Bertz CT molecular complexity index is 480. The van der Waals surface area contributed by atoms with Crippen LogP contribution in [0.25, 0.3) is 0 Å². The second kappa shape index (κ2) is 6.60. The molecule has 0 aliphatic heterocycles. The van der Waals surface area contributed by atoms with E-state index in [0.717, 1.165) is 31.2 Å². The predicted molar refractivity (Wildman–Crippen MR) is 84.9 cm³/mol. The highest BCUT2D eigenvalue weighted by Gasteiger charge is 2.36. The van der Waals surface area contributed by atoms with Gasteiger partial charge in [-0.3, -0.25) is 0 Å². The molecule has 0 heterocycles. The summed E-state index contributed by atoms with van der Waals surface area (Å²) in [7, 11) is 0. The Balaban J connectivity index is 1.82. The van der Waals surface area contributed by atoms with Gasteiger partial charge in [0.2, 0.25) is 0 Å².